The predicted octanol–water partition coefficient (Wildman–Crippen LogP) is 1.28. The fourth-order valence-corrected chi connectivity index (χ4v) is 2.47. The van der Waals surface area contributed by atoms with Gasteiger partial charge in [-0.25, -0.2) is 4.68 Å². The Morgan fingerprint density at radius 2 is 2.39 bits per heavy atom. The Morgan fingerprint density at radius 1 is 1.61 bits per heavy atom. The zero-order chi connectivity index (χ0) is 13.1. The second-order valence-electron chi connectivity index (χ2n) is 4.79. The minimum atomic E-state index is -0.229. The smallest absolute Gasteiger partial charge is 0.287 e. The van der Waals surface area contributed by atoms with Crippen molar-refractivity contribution < 1.29 is 0 Å². The molecular weight excluding hydrogens is 252 g/mol. The minimum Gasteiger partial charge on any atom is -0.382 e. The van der Waals surface area contributed by atoms with E-state index in [0.717, 1.165) is 19.6 Å². The number of anilines is 1. The number of hydrogen-bond donors (Lipinski definition) is 1. The summed E-state index contributed by atoms with van der Waals surface area (Å²) in [6.45, 7) is 5.46. The highest BCUT2D eigenvalue weighted by atomic mass is 35.5. The van der Waals surface area contributed by atoms with Crippen LogP contribution in [0.1, 0.15) is 13.3 Å². The van der Waals surface area contributed by atoms with E-state index >= 15 is 0 Å². The molecule has 0 amide bonds. The number of nitrogens with one attached hydrogen (secondary N) is 1. The van der Waals surface area contributed by atoms with Crippen LogP contribution in [0, 0.1) is 5.92 Å². The maximum absolute atomic E-state index is 11.8. The zero-order valence-corrected chi connectivity index (χ0v) is 11.6. The molecule has 0 aromatic carbocycles. The van der Waals surface area contributed by atoms with Crippen LogP contribution in [-0.2, 0) is 6.54 Å². The number of rotatable bonds is 4. The van der Waals surface area contributed by atoms with Gasteiger partial charge in [0.15, 0.2) is 0 Å². The molecule has 0 radical (unpaired) electrons. The lowest BCUT2D eigenvalue weighted by Crippen LogP contribution is -2.25. The molecule has 0 bridgehead atoms. The first-order valence-electron chi connectivity index (χ1n) is 6.29. The normalized spacial score (nSPS) is 20.3. The Hall–Kier alpha value is -1.07. The molecule has 1 aromatic rings. The summed E-state index contributed by atoms with van der Waals surface area (Å²) in [5, 5.41) is 7.53. The van der Waals surface area contributed by atoms with Crippen LogP contribution in [0.25, 0.3) is 0 Å². The average molecular weight is 271 g/mol. The van der Waals surface area contributed by atoms with E-state index < -0.39 is 0 Å². The molecule has 2 rings (SSSR count). The van der Waals surface area contributed by atoms with Crippen molar-refractivity contribution in [1.82, 2.24) is 14.7 Å². The lowest BCUT2D eigenvalue weighted by molar-refractivity contribution is 0.399. The van der Waals surface area contributed by atoms with Crippen LogP contribution < -0.4 is 10.9 Å². The second kappa shape index (κ2) is 5.71. The first-order valence-corrected chi connectivity index (χ1v) is 6.67. The van der Waals surface area contributed by atoms with Crippen LogP contribution in [0.4, 0.5) is 5.69 Å². The Balaban J connectivity index is 2.02. The number of aryl methyl sites for hydroxylation is 1. The van der Waals surface area contributed by atoms with Gasteiger partial charge in [-0.2, -0.15) is 5.10 Å². The summed E-state index contributed by atoms with van der Waals surface area (Å²) in [6.07, 6.45) is 2.81. The van der Waals surface area contributed by atoms with Crippen molar-refractivity contribution in [3.63, 3.8) is 0 Å². The minimum absolute atomic E-state index is 0.229. The molecule has 100 valence electrons. The molecule has 0 aliphatic carbocycles. The van der Waals surface area contributed by atoms with Gasteiger partial charge in [0.25, 0.3) is 5.56 Å². The van der Waals surface area contributed by atoms with Gasteiger partial charge in [-0.3, -0.25) is 4.79 Å². The zero-order valence-electron chi connectivity index (χ0n) is 10.8. The van der Waals surface area contributed by atoms with Crippen LogP contribution in [0.3, 0.4) is 0 Å². The van der Waals surface area contributed by atoms with Crippen LogP contribution >= 0.6 is 11.6 Å². The van der Waals surface area contributed by atoms with Crippen LogP contribution in [-0.4, -0.2) is 41.4 Å². The molecule has 18 heavy (non-hydrogen) atoms. The van der Waals surface area contributed by atoms with Crippen molar-refractivity contribution in [1.29, 1.82) is 0 Å². The van der Waals surface area contributed by atoms with Crippen molar-refractivity contribution in [3.8, 4) is 0 Å². The molecule has 1 atom stereocenters. The van der Waals surface area contributed by atoms with E-state index in [4.69, 9.17) is 11.6 Å². The van der Waals surface area contributed by atoms with Crippen LogP contribution in [0.5, 0.6) is 0 Å². The highest BCUT2D eigenvalue weighted by Gasteiger charge is 2.19. The van der Waals surface area contributed by atoms with Gasteiger partial charge in [0.2, 0.25) is 0 Å². The highest BCUT2D eigenvalue weighted by Crippen LogP contribution is 2.19. The van der Waals surface area contributed by atoms with Crippen molar-refractivity contribution >= 4 is 17.3 Å². The fraction of sp³-hybridized carbons (Fsp3) is 0.667. The summed E-state index contributed by atoms with van der Waals surface area (Å²) in [5.41, 5.74) is 0.411. The molecule has 1 aliphatic heterocycles. The molecule has 1 fully saturated rings. The molecule has 0 spiro atoms. The first-order chi connectivity index (χ1) is 8.61. The molecule has 2 heterocycles. The van der Waals surface area contributed by atoms with E-state index in [0.29, 0.717) is 18.2 Å². The van der Waals surface area contributed by atoms with Crippen molar-refractivity contribution in [2.45, 2.75) is 19.9 Å². The third kappa shape index (κ3) is 2.84. The Labute approximate surface area is 112 Å². The summed E-state index contributed by atoms with van der Waals surface area (Å²) in [4.78, 5) is 14.1. The molecule has 6 heteroatoms. The van der Waals surface area contributed by atoms with E-state index in [9.17, 15) is 4.79 Å². The summed E-state index contributed by atoms with van der Waals surface area (Å²) in [6, 6.07) is 0. The Bertz CT molecular complexity index is 474. The second-order valence-corrected chi connectivity index (χ2v) is 5.17. The van der Waals surface area contributed by atoms with Crippen molar-refractivity contribution in [3.05, 3.63) is 21.6 Å². The van der Waals surface area contributed by atoms with Gasteiger partial charge in [-0.15, -0.1) is 0 Å². The maximum Gasteiger partial charge on any atom is 0.287 e. The van der Waals surface area contributed by atoms with Gasteiger partial charge in [-0.05, 0) is 32.9 Å². The molecule has 5 nitrogen and oxygen atoms in total. The van der Waals surface area contributed by atoms with E-state index in [1.807, 2.05) is 6.92 Å². The predicted molar refractivity (Wildman–Crippen MR) is 73.3 cm³/mol. The molecule has 1 N–H and O–H groups in total. The van der Waals surface area contributed by atoms with Crippen LogP contribution in [0.15, 0.2) is 11.0 Å². The number of nitrogens with zero attached hydrogens (tertiary/aromatic N) is 3. The number of hydrogen-bond acceptors (Lipinski definition) is 4. The summed E-state index contributed by atoms with van der Waals surface area (Å²) in [5.74, 6) is 0.611. The Kier molecular flexibility index (Phi) is 4.24. The highest BCUT2D eigenvalue weighted by molar-refractivity contribution is 6.32. The van der Waals surface area contributed by atoms with Crippen molar-refractivity contribution in [2.75, 3.05) is 32.0 Å². The van der Waals surface area contributed by atoms with Gasteiger partial charge in [-0.1, -0.05) is 11.6 Å². The summed E-state index contributed by atoms with van der Waals surface area (Å²) in [7, 11) is 2.12. The largest absolute Gasteiger partial charge is 0.382 e. The maximum atomic E-state index is 11.8. The monoisotopic (exact) mass is 270 g/mol. The van der Waals surface area contributed by atoms with Gasteiger partial charge in [0.05, 0.1) is 11.9 Å². The Morgan fingerprint density at radius 3 is 3.00 bits per heavy atom. The molecule has 1 unspecified atom stereocenters. The number of likely N-dealkylation sites (tertiary alicyclic amines) is 1. The lowest BCUT2D eigenvalue weighted by atomic mass is 10.1. The first kappa shape index (κ1) is 13.4. The topological polar surface area (TPSA) is 50.2 Å². The molecule has 1 aliphatic rings. The standard InChI is InChI=1S/C12H19ClN4O/c1-3-17-12(18)11(13)10(7-15-17)14-6-9-4-5-16(2)8-9/h7,9,14H,3-6,8H2,1-2H3. The third-order valence-corrected chi connectivity index (χ3v) is 3.72. The average Bonchev–Trinajstić information content (AvgIpc) is 2.77. The summed E-state index contributed by atoms with van der Waals surface area (Å²) >= 11 is 6.05. The number of halogens is 1. The molecule has 1 saturated heterocycles. The van der Waals surface area contributed by atoms with E-state index in [-0.39, 0.29) is 10.6 Å². The molecule has 0 saturated carbocycles. The SMILES string of the molecule is CCn1ncc(NCC2CCN(C)C2)c(Cl)c1=O. The van der Waals surface area contributed by atoms with E-state index in [1.54, 1.807) is 6.20 Å². The van der Waals surface area contributed by atoms with Crippen molar-refractivity contribution in [2.24, 2.45) is 5.92 Å². The van der Waals surface area contributed by atoms with Gasteiger partial charge < -0.3 is 10.2 Å². The van der Waals surface area contributed by atoms with Gasteiger partial charge >= 0.3 is 0 Å². The lowest BCUT2D eigenvalue weighted by Gasteiger charge is -2.13. The van der Waals surface area contributed by atoms with Gasteiger partial charge in [0, 0.05) is 19.6 Å². The number of aromatic nitrogens is 2. The van der Waals surface area contributed by atoms with E-state index in [2.05, 4.69) is 22.4 Å². The van der Waals surface area contributed by atoms with Gasteiger partial charge in [0.1, 0.15) is 5.02 Å². The quantitative estimate of drug-likeness (QED) is 0.896. The third-order valence-electron chi connectivity index (χ3n) is 3.35. The fourth-order valence-electron chi connectivity index (χ4n) is 2.26. The van der Waals surface area contributed by atoms with E-state index in [1.165, 1.54) is 11.1 Å². The van der Waals surface area contributed by atoms with Crippen LogP contribution in [0.2, 0.25) is 5.02 Å². The molecule has 1 aromatic heterocycles. The molecular formula is C12H19ClN4O. The summed E-state index contributed by atoms with van der Waals surface area (Å²) < 4.78 is 1.36.